The normalized spacial score (nSPS) is 45.3. The van der Waals surface area contributed by atoms with E-state index in [0.29, 0.717) is 24.2 Å². The van der Waals surface area contributed by atoms with Crippen molar-refractivity contribution >= 4 is 29.1 Å². The third kappa shape index (κ3) is 3.78. The van der Waals surface area contributed by atoms with Gasteiger partial charge in [0.15, 0.2) is 17.2 Å². The van der Waals surface area contributed by atoms with Crippen molar-refractivity contribution in [1.29, 1.82) is 0 Å². The number of rotatable bonds is 4. The minimum absolute atomic E-state index is 0.0237. The first-order valence-corrected chi connectivity index (χ1v) is 13.1. The number of carbonyl (C=O) groups excluding carboxylic acids is 3. The lowest BCUT2D eigenvalue weighted by Crippen LogP contribution is -2.52. The molecule has 0 N–H and O–H groups in total. The number of ether oxygens (including phenoxy) is 5. The van der Waals surface area contributed by atoms with Crippen molar-refractivity contribution < 1.29 is 38.1 Å². The van der Waals surface area contributed by atoms with Crippen molar-refractivity contribution in [2.45, 2.75) is 87.3 Å². The summed E-state index contributed by atoms with van der Waals surface area (Å²) < 4.78 is 29.3. The van der Waals surface area contributed by atoms with E-state index in [1.54, 1.807) is 14.2 Å². The molecule has 5 rings (SSSR count). The minimum Gasteiger partial charge on any atom is -0.490 e. The molecule has 194 valence electrons. The van der Waals surface area contributed by atoms with Gasteiger partial charge in [0.05, 0.1) is 42.6 Å². The summed E-state index contributed by atoms with van der Waals surface area (Å²) in [4.78, 5) is 39.2. The van der Waals surface area contributed by atoms with Crippen molar-refractivity contribution in [3.63, 3.8) is 0 Å². The lowest BCUT2D eigenvalue weighted by Gasteiger charge is -2.39. The Morgan fingerprint density at radius 1 is 1.03 bits per heavy atom. The summed E-state index contributed by atoms with van der Waals surface area (Å²) in [6.07, 6.45) is 2.81. The molecule has 3 fully saturated rings. The van der Waals surface area contributed by atoms with E-state index >= 15 is 0 Å². The molecule has 2 saturated carbocycles. The van der Waals surface area contributed by atoms with E-state index in [4.69, 9.17) is 35.3 Å². The molecule has 0 bridgehead atoms. The fraction of sp³-hybridized carbons (Fsp3) is 0.808. The van der Waals surface area contributed by atoms with Crippen LogP contribution in [0.2, 0.25) is 0 Å². The molecule has 5 aliphatic rings. The van der Waals surface area contributed by atoms with Gasteiger partial charge in [-0.1, -0.05) is 6.92 Å². The van der Waals surface area contributed by atoms with Crippen LogP contribution in [0, 0.1) is 23.7 Å². The van der Waals surface area contributed by atoms with E-state index in [2.05, 4.69) is 0 Å². The average molecular weight is 511 g/mol. The van der Waals surface area contributed by atoms with Crippen LogP contribution in [0.25, 0.3) is 0 Å². The first kappa shape index (κ1) is 25.2. The quantitative estimate of drug-likeness (QED) is 0.420. The summed E-state index contributed by atoms with van der Waals surface area (Å²) in [5, 5.41) is -0.514. The number of hydrogen-bond donors (Lipinski definition) is 0. The van der Waals surface area contributed by atoms with E-state index in [1.165, 1.54) is 7.11 Å². The topological polar surface area (TPSA) is 97.4 Å². The van der Waals surface area contributed by atoms with E-state index in [9.17, 15) is 14.4 Å². The van der Waals surface area contributed by atoms with Gasteiger partial charge >= 0.3 is 5.97 Å². The molecule has 0 amide bonds. The number of methoxy groups -OCH3 is 3. The Labute approximate surface area is 210 Å². The van der Waals surface area contributed by atoms with Gasteiger partial charge in [-0.15, -0.1) is 11.6 Å². The van der Waals surface area contributed by atoms with Crippen LogP contribution in [-0.4, -0.2) is 74.3 Å². The van der Waals surface area contributed by atoms with Gasteiger partial charge in [0, 0.05) is 45.0 Å². The summed E-state index contributed by atoms with van der Waals surface area (Å²) >= 11 is 6.78. The largest absolute Gasteiger partial charge is 0.490 e. The molecular weight excluding hydrogens is 476 g/mol. The van der Waals surface area contributed by atoms with Crippen LogP contribution in [0.3, 0.4) is 0 Å². The fourth-order valence-corrected chi connectivity index (χ4v) is 7.55. The summed E-state index contributed by atoms with van der Waals surface area (Å²) in [5.41, 5.74) is -0.748. The summed E-state index contributed by atoms with van der Waals surface area (Å²) in [6, 6.07) is 0. The highest BCUT2D eigenvalue weighted by Gasteiger charge is 2.68. The van der Waals surface area contributed by atoms with Gasteiger partial charge in [-0.25, -0.2) is 0 Å². The number of ketones is 2. The van der Waals surface area contributed by atoms with Crippen LogP contribution in [-0.2, 0) is 38.1 Å². The van der Waals surface area contributed by atoms with Crippen LogP contribution < -0.4 is 0 Å². The lowest BCUT2D eigenvalue weighted by molar-refractivity contribution is -0.150. The third-order valence-electron chi connectivity index (χ3n) is 9.12. The van der Waals surface area contributed by atoms with Crippen LogP contribution in [0.5, 0.6) is 0 Å². The van der Waals surface area contributed by atoms with E-state index in [0.717, 1.165) is 25.7 Å². The van der Waals surface area contributed by atoms with Gasteiger partial charge in [0.25, 0.3) is 0 Å². The van der Waals surface area contributed by atoms with Crippen molar-refractivity contribution in [2.75, 3.05) is 21.3 Å². The van der Waals surface area contributed by atoms with Gasteiger partial charge in [-0.3, -0.25) is 14.4 Å². The maximum atomic E-state index is 14.1. The number of carbonyl (C=O) groups is 3. The van der Waals surface area contributed by atoms with Crippen LogP contribution in [0.15, 0.2) is 11.3 Å². The molecule has 35 heavy (non-hydrogen) atoms. The van der Waals surface area contributed by atoms with Crippen molar-refractivity contribution in [1.82, 2.24) is 0 Å². The zero-order valence-electron chi connectivity index (χ0n) is 20.8. The Morgan fingerprint density at radius 2 is 1.71 bits per heavy atom. The van der Waals surface area contributed by atoms with Gasteiger partial charge in [-0.2, -0.15) is 0 Å². The molecule has 0 radical (unpaired) electrons. The average Bonchev–Trinajstić information content (AvgIpc) is 3.45. The van der Waals surface area contributed by atoms with Crippen LogP contribution >= 0.6 is 11.6 Å². The molecule has 8 atom stereocenters. The van der Waals surface area contributed by atoms with Gasteiger partial charge in [0.2, 0.25) is 0 Å². The number of fused-ring (bicyclic) bond motifs is 2. The van der Waals surface area contributed by atoms with Gasteiger partial charge in [0.1, 0.15) is 11.9 Å². The SMILES string of the molecule is COC(=O)C1CCC([C@@H]2CC3=C(O2)[C@@]2(OC4C(Cl)C(OC)CC(OC)C4C2=O)[C@H](C)CC3=O)CC1. The molecule has 2 aliphatic heterocycles. The Hall–Kier alpha value is -1.48. The van der Waals surface area contributed by atoms with Crippen LogP contribution in [0.4, 0.5) is 0 Å². The summed E-state index contributed by atoms with van der Waals surface area (Å²) in [6.45, 7) is 1.88. The maximum Gasteiger partial charge on any atom is 0.308 e. The van der Waals surface area contributed by atoms with Crippen LogP contribution in [0.1, 0.15) is 51.9 Å². The highest BCUT2D eigenvalue weighted by molar-refractivity contribution is 6.22. The second-order valence-corrected chi connectivity index (χ2v) is 11.3. The Bertz CT molecular complexity index is 924. The Balaban J connectivity index is 1.42. The number of halogens is 1. The molecule has 2 heterocycles. The van der Waals surface area contributed by atoms with Crippen molar-refractivity contribution in [2.24, 2.45) is 23.7 Å². The molecule has 5 unspecified atom stereocenters. The lowest BCUT2D eigenvalue weighted by atomic mass is 9.69. The molecule has 0 aromatic heterocycles. The fourth-order valence-electron chi connectivity index (χ4n) is 7.13. The molecule has 9 heteroatoms. The zero-order valence-corrected chi connectivity index (χ0v) is 21.5. The van der Waals surface area contributed by atoms with E-state index in [1.807, 2.05) is 6.92 Å². The number of alkyl halides is 1. The van der Waals surface area contributed by atoms with Crippen molar-refractivity contribution in [3.05, 3.63) is 11.3 Å². The minimum atomic E-state index is -1.33. The predicted molar refractivity (Wildman–Crippen MR) is 125 cm³/mol. The Kier molecular flexibility index (Phi) is 6.79. The second kappa shape index (κ2) is 9.43. The van der Waals surface area contributed by atoms with Gasteiger partial charge in [-0.05, 0) is 31.6 Å². The molecule has 3 aliphatic carbocycles. The maximum absolute atomic E-state index is 14.1. The molecule has 1 spiro atoms. The summed E-state index contributed by atoms with van der Waals surface area (Å²) in [7, 11) is 4.61. The molecule has 0 aromatic rings. The smallest absolute Gasteiger partial charge is 0.308 e. The number of esters is 1. The van der Waals surface area contributed by atoms with Crippen molar-refractivity contribution in [3.8, 4) is 0 Å². The molecule has 1 saturated heterocycles. The Morgan fingerprint density at radius 3 is 2.34 bits per heavy atom. The first-order chi connectivity index (χ1) is 16.8. The molecule has 8 nitrogen and oxygen atoms in total. The first-order valence-electron chi connectivity index (χ1n) is 12.7. The van der Waals surface area contributed by atoms with Gasteiger partial charge < -0.3 is 23.7 Å². The molecule has 0 aromatic carbocycles. The zero-order chi connectivity index (χ0) is 25.1. The summed E-state index contributed by atoms with van der Waals surface area (Å²) in [5.74, 6) is -0.649. The second-order valence-electron chi connectivity index (χ2n) is 10.8. The number of Topliss-reactive ketones (excluding diaryl/α,β-unsaturated/α-hetero) is 2. The van der Waals surface area contributed by atoms with E-state index < -0.39 is 23.0 Å². The monoisotopic (exact) mass is 510 g/mol. The predicted octanol–water partition coefficient (Wildman–Crippen LogP) is 2.98. The number of hydrogen-bond acceptors (Lipinski definition) is 8. The third-order valence-corrected chi connectivity index (χ3v) is 9.65. The highest BCUT2D eigenvalue weighted by Crippen LogP contribution is 2.56. The van der Waals surface area contributed by atoms with E-state index in [-0.39, 0.29) is 60.0 Å². The highest BCUT2D eigenvalue weighted by atomic mass is 35.5. The molecular formula is C26H35ClO8. The standard InChI is InChI=1S/C26H35ClO8/c1-12-9-16(28)15-10-17(13-5-7-14(8-6-13)25(30)33-4)34-24(15)26(12)23(29)20-18(31-2)11-19(32-3)21(27)22(20)35-26/h12-14,17-22H,5-11H2,1-4H3/t12-,13?,14?,17+,18?,19?,20?,21?,22?,26-/m1/s1.